The van der Waals surface area contributed by atoms with Crippen LogP contribution in [0.15, 0.2) is 65.7 Å². The maximum absolute atomic E-state index is 13.4. The number of benzene rings is 1. The molecule has 0 radical (unpaired) electrons. The van der Waals surface area contributed by atoms with Crippen LogP contribution in [-0.2, 0) is 13.1 Å². The third-order valence-corrected chi connectivity index (χ3v) is 4.98. The maximum Gasteiger partial charge on any atom is 0.254 e. The van der Waals surface area contributed by atoms with Crippen LogP contribution in [0.4, 0.5) is 0 Å². The molecule has 0 N–H and O–H groups in total. The van der Waals surface area contributed by atoms with Gasteiger partial charge in [0.15, 0.2) is 0 Å². The second-order valence-corrected chi connectivity index (χ2v) is 6.87. The molecule has 0 aliphatic rings. The molecule has 0 saturated carbocycles. The van der Waals surface area contributed by atoms with E-state index in [0.717, 1.165) is 11.1 Å². The number of carbonyl (C=O) groups excluding carboxylic acids is 1. The van der Waals surface area contributed by atoms with Crippen LogP contribution >= 0.6 is 15.9 Å². The number of carbonyl (C=O) groups is 1. The van der Waals surface area contributed by atoms with E-state index in [-0.39, 0.29) is 5.91 Å². The molecule has 2 aromatic heterocycles. The standard InChI is InChI=1S/C21H20BrN3O3/c1-27-18-10-17(11-19(28-2)20(18)22)21(26)25(13-15-5-8-23-9-6-15)14-16-4-3-7-24-12-16/h3-12H,13-14H2,1-2H3. The zero-order chi connectivity index (χ0) is 19.9. The van der Waals surface area contributed by atoms with Gasteiger partial charge in [0.2, 0.25) is 0 Å². The number of amides is 1. The van der Waals surface area contributed by atoms with Gasteiger partial charge in [-0.3, -0.25) is 14.8 Å². The van der Waals surface area contributed by atoms with Crippen molar-refractivity contribution in [1.82, 2.24) is 14.9 Å². The van der Waals surface area contributed by atoms with Gasteiger partial charge in [0, 0.05) is 43.4 Å². The SMILES string of the molecule is COc1cc(C(=O)N(Cc2ccncc2)Cc2cccnc2)cc(OC)c1Br. The second-order valence-electron chi connectivity index (χ2n) is 6.07. The number of nitrogens with zero attached hydrogens (tertiary/aromatic N) is 3. The van der Waals surface area contributed by atoms with E-state index in [0.29, 0.717) is 34.6 Å². The largest absolute Gasteiger partial charge is 0.495 e. The quantitative estimate of drug-likeness (QED) is 0.552. The van der Waals surface area contributed by atoms with Crippen molar-refractivity contribution in [3.05, 3.63) is 82.3 Å². The highest BCUT2D eigenvalue weighted by atomic mass is 79.9. The van der Waals surface area contributed by atoms with Crippen LogP contribution in [0, 0.1) is 0 Å². The lowest BCUT2D eigenvalue weighted by Gasteiger charge is -2.24. The molecule has 2 heterocycles. The first-order chi connectivity index (χ1) is 13.6. The molecule has 0 aliphatic heterocycles. The summed E-state index contributed by atoms with van der Waals surface area (Å²) in [5, 5.41) is 0. The minimum Gasteiger partial charge on any atom is -0.495 e. The highest BCUT2D eigenvalue weighted by Gasteiger charge is 2.20. The molecular weight excluding hydrogens is 422 g/mol. The molecule has 1 amide bonds. The summed E-state index contributed by atoms with van der Waals surface area (Å²) in [6, 6.07) is 11.0. The van der Waals surface area contributed by atoms with Crippen molar-refractivity contribution in [3.8, 4) is 11.5 Å². The summed E-state index contributed by atoms with van der Waals surface area (Å²) in [6.45, 7) is 0.868. The molecule has 28 heavy (non-hydrogen) atoms. The number of methoxy groups -OCH3 is 2. The Labute approximate surface area is 172 Å². The van der Waals surface area contributed by atoms with E-state index < -0.39 is 0 Å². The van der Waals surface area contributed by atoms with Crippen molar-refractivity contribution in [3.63, 3.8) is 0 Å². The second kappa shape index (κ2) is 9.32. The molecule has 144 valence electrons. The monoisotopic (exact) mass is 441 g/mol. The molecule has 7 heteroatoms. The van der Waals surface area contributed by atoms with Gasteiger partial charge in [-0.1, -0.05) is 6.07 Å². The van der Waals surface area contributed by atoms with Gasteiger partial charge in [0.25, 0.3) is 5.91 Å². The van der Waals surface area contributed by atoms with E-state index in [1.54, 1.807) is 56.0 Å². The van der Waals surface area contributed by atoms with E-state index in [4.69, 9.17) is 9.47 Å². The highest BCUT2D eigenvalue weighted by Crippen LogP contribution is 2.36. The van der Waals surface area contributed by atoms with Crippen molar-refractivity contribution in [2.75, 3.05) is 14.2 Å². The average Bonchev–Trinajstić information content (AvgIpc) is 2.74. The number of hydrogen-bond donors (Lipinski definition) is 0. The summed E-state index contributed by atoms with van der Waals surface area (Å²) < 4.78 is 11.4. The van der Waals surface area contributed by atoms with Crippen molar-refractivity contribution in [2.24, 2.45) is 0 Å². The Balaban J connectivity index is 1.95. The summed E-state index contributed by atoms with van der Waals surface area (Å²) >= 11 is 3.44. The van der Waals surface area contributed by atoms with E-state index in [2.05, 4.69) is 25.9 Å². The normalized spacial score (nSPS) is 10.4. The molecule has 1 aromatic carbocycles. The van der Waals surface area contributed by atoms with E-state index in [1.807, 2.05) is 24.3 Å². The van der Waals surface area contributed by atoms with E-state index in [9.17, 15) is 4.79 Å². The van der Waals surface area contributed by atoms with Crippen LogP contribution in [0.5, 0.6) is 11.5 Å². The number of aromatic nitrogens is 2. The number of pyridine rings is 2. The topological polar surface area (TPSA) is 64.5 Å². The zero-order valence-electron chi connectivity index (χ0n) is 15.6. The number of ether oxygens (including phenoxy) is 2. The Hall–Kier alpha value is -2.93. The first-order valence-corrected chi connectivity index (χ1v) is 9.40. The zero-order valence-corrected chi connectivity index (χ0v) is 17.2. The van der Waals surface area contributed by atoms with Gasteiger partial charge in [-0.25, -0.2) is 0 Å². The smallest absolute Gasteiger partial charge is 0.254 e. The Kier molecular flexibility index (Phi) is 6.60. The summed E-state index contributed by atoms with van der Waals surface area (Å²) in [7, 11) is 3.11. The van der Waals surface area contributed by atoms with Crippen molar-refractivity contribution < 1.29 is 14.3 Å². The van der Waals surface area contributed by atoms with Gasteiger partial charge >= 0.3 is 0 Å². The van der Waals surface area contributed by atoms with Crippen LogP contribution in [0.3, 0.4) is 0 Å². The molecule has 3 aromatic rings. The number of halogens is 1. The maximum atomic E-state index is 13.4. The fourth-order valence-corrected chi connectivity index (χ4v) is 3.35. The summed E-state index contributed by atoms with van der Waals surface area (Å²) in [5.74, 6) is 0.936. The van der Waals surface area contributed by atoms with Crippen LogP contribution in [0.25, 0.3) is 0 Å². The Morgan fingerprint density at radius 3 is 2.18 bits per heavy atom. The fourth-order valence-electron chi connectivity index (χ4n) is 2.80. The molecule has 0 atom stereocenters. The Bertz CT molecular complexity index is 870. The molecule has 3 rings (SSSR count). The van der Waals surface area contributed by atoms with Crippen molar-refractivity contribution in [2.45, 2.75) is 13.1 Å². The lowest BCUT2D eigenvalue weighted by atomic mass is 10.1. The first kappa shape index (κ1) is 19.8. The first-order valence-electron chi connectivity index (χ1n) is 8.61. The summed E-state index contributed by atoms with van der Waals surface area (Å²) in [6.07, 6.45) is 6.90. The molecule has 0 spiro atoms. The molecule has 0 unspecified atom stereocenters. The van der Waals surface area contributed by atoms with Crippen LogP contribution < -0.4 is 9.47 Å². The molecular formula is C21H20BrN3O3. The number of rotatable bonds is 7. The minimum atomic E-state index is -0.134. The van der Waals surface area contributed by atoms with Gasteiger partial charge in [0.1, 0.15) is 16.0 Å². The third kappa shape index (κ3) is 4.67. The molecule has 0 aliphatic carbocycles. The highest BCUT2D eigenvalue weighted by molar-refractivity contribution is 9.10. The fraction of sp³-hybridized carbons (Fsp3) is 0.190. The molecule has 6 nitrogen and oxygen atoms in total. The van der Waals surface area contributed by atoms with E-state index >= 15 is 0 Å². The lowest BCUT2D eigenvalue weighted by molar-refractivity contribution is 0.0729. The van der Waals surface area contributed by atoms with Crippen LogP contribution in [0.1, 0.15) is 21.5 Å². The van der Waals surface area contributed by atoms with Crippen molar-refractivity contribution in [1.29, 1.82) is 0 Å². The predicted molar refractivity (Wildman–Crippen MR) is 109 cm³/mol. The third-order valence-electron chi connectivity index (χ3n) is 4.20. The van der Waals surface area contributed by atoms with Gasteiger partial charge in [-0.05, 0) is 57.4 Å². The molecule has 0 fully saturated rings. The Morgan fingerprint density at radius 1 is 0.964 bits per heavy atom. The van der Waals surface area contributed by atoms with Crippen LogP contribution in [0.2, 0.25) is 0 Å². The average molecular weight is 442 g/mol. The lowest BCUT2D eigenvalue weighted by Crippen LogP contribution is -2.30. The number of hydrogen-bond acceptors (Lipinski definition) is 5. The van der Waals surface area contributed by atoms with Gasteiger partial charge in [-0.2, -0.15) is 0 Å². The predicted octanol–water partition coefficient (Wildman–Crippen LogP) is 4.10. The van der Waals surface area contributed by atoms with Gasteiger partial charge < -0.3 is 14.4 Å². The van der Waals surface area contributed by atoms with Crippen molar-refractivity contribution >= 4 is 21.8 Å². The van der Waals surface area contributed by atoms with Gasteiger partial charge in [-0.15, -0.1) is 0 Å². The minimum absolute atomic E-state index is 0.134. The summed E-state index contributed by atoms with van der Waals surface area (Å²) in [4.78, 5) is 23.3. The van der Waals surface area contributed by atoms with Gasteiger partial charge in [0.05, 0.1) is 14.2 Å². The molecule has 0 saturated heterocycles. The summed E-state index contributed by atoms with van der Waals surface area (Å²) in [5.41, 5.74) is 2.42. The molecule has 0 bridgehead atoms. The Morgan fingerprint density at radius 2 is 1.61 bits per heavy atom. The van der Waals surface area contributed by atoms with Crippen LogP contribution in [-0.4, -0.2) is 35.0 Å². The van der Waals surface area contributed by atoms with E-state index in [1.165, 1.54) is 0 Å².